The molecular formula is C27H28FN5O5S. The van der Waals surface area contributed by atoms with Crippen LogP contribution < -0.4 is 14.4 Å². The molecule has 0 radical (unpaired) electrons. The Labute approximate surface area is 225 Å². The van der Waals surface area contributed by atoms with Crippen molar-refractivity contribution in [2.45, 2.75) is 50.5 Å². The number of pyridine rings is 1. The number of anilines is 1. The van der Waals surface area contributed by atoms with E-state index in [0.29, 0.717) is 47.1 Å². The van der Waals surface area contributed by atoms with E-state index in [-0.39, 0.29) is 22.5 Å². The third-order valence-electron chi connectivity index (χ3n) is 6.50. The molecule has 5 rings (SSSR count). The van der Waals surface area contributed by atoms with Gasteiger partial charge in [-0.1, -0.05) is 31.1 Å². The second kappa shape index (κ2) is 10.6. The minimum atomic E-state index is -4.16. The Morgan fingerprint density at radius 3 is 2.59 bits per heavy atom. The molecule has 0 aliphatic carbocycles. The molecule has 2 aromatic heterocycles. The van der Waals surface area contributed by atoms with Gasteiger partial charge in [0.1, 0.15) is 17.7 Å². The van der Waals surface area contributed by atoms with E-state index in [0.717, 1.165) is 25.8 Å². The fourth-order valence-corrected chi connectivity index (χ4v) is 5.54. The van der Waals surface area contributed by atoms with Gasteiger partial charge in [0.05, 0.1) is 10.4 Å². The molecule has 1 saturated heterocycles. The molecule has 2 aromatic carbocycles. The van der Waals surface area contributed by atoms with Gasteiger partial charge >= 0.3 is 6.01 Å². The molecule has 0 saturated carbocycles. The molecule has 3 heterocycles. The lowest BCUT2D eigenvalue weighted by atomic mass is 10.0. The third kappa shape index (κ3) is 5.56. The summed E-state index contributed by atoms with van der Waals surface area (Å²) in [5.74, 6) is -0.00773. The van der Waals surface area contributed by atoms with Crippen molar-refractivity contribution in [2.75, 3.05) is 18.0 Å². The standard InChI is InChI=1S/C27H28FN5O5S/c1-16(2)26-30-27(38-31-26)33-13-10-18(11-14-33)37-24-9-12-29-25-21(5-4-6-22(24)25)20-8-7-19(15-23(20)28)39(35,36)32-17(3)34/h4-9,12,15-16,18H,10-11,13-14H2,1-3H3,(H,32,34). The SMILES string of the molecule is CC(=O)NS(=O)(=O)c1ccc(-c2cccc3c(OC4CCN(c5nc(C(C)C)no5)CC4)ccnc23)c(F)c1. The van der Waals surface area contributed by atoms with E-state index in [1.807, 2.05) is 24.6 Å². The predicted octanol–water partition coefficient (Wildman–Crippen LogP) is 4.42. The molecule has 4 aromatic rings. The molecule has 0 bridgehead atoms. The summed E-state index contributed by atoms with van der Waals surface area (Å²) in [5, 5.41) is 4.75. The van der Waals surface area contributed by atoms with Crippen LogP contribution in [-0.2, 0) is 14.8 Å². The number of fused-ring (bicyclic) bond motifs is 1. The van der Waals surface area contributed by atoms with Crippen LogP contribution >= 0.6 is 0 Å². The maximum Gasteiger partial charge on any atom is 0.324 e. The van der Waals surface area contributed by atoms with Crippen LogP contribution in [0.15, 0.2) is 58.1 Å². The van der Waals surface area contributed by atoms with Crippen molar-refractivity contribution in [1.82, 2.24) is 19.8 Å². The van der Waals surface area contributed by atoms with Crippen LogP contribution in [-0.4, -0.2) is 48.6 Å². The number of rotatable bonds is 7. The number of carbonyl (C=O) groups is 1. The van der Waals surface area contributed by atoms with E-state index in [2.05, 4.69) is 20.0 Å². The maximum absolute atomic E-state index is 15.2. The highest BCUT2D eigenvalue weighted by molar-refractivity contribution is 7.90. The minimum absolute atomic E-state index is 0.0435. The van der Waals surface area contributed by atoms with Gasteiger partial charge in [-0.3, -0.25) is 9.78 Å². The summed E-state index contributed by atoms with van der Waals surface area (Å²) in [6.45, 7) is 6.51. The number of halogens is 1. The van der Waals surface area contributed by atoms with Gasteiger partial charge in [-0.15, -0.1) is 0 Å². The predicted molar refractivity (Wildman–Crippen MR) is 142 cm³/mol. The van der Waals surface area contributed by atoms with E-state index in [1.54, 1.807) is 24.4 Å². The fourth-order valence-electron chi connectivity index (χ4n) is 4.53. The number of para-hydroxylation sites is 1. The summed E-state index contributed by atoms with van der Waals surface area (Å²) < 4.78 is 53.3. The zero-order valence-corrected chi connectivity index (χ0v) is 22.5. The maximum atomic E-state index is 15.2. The van der Waals surface area contributed by atoms with E-state index in [9.17, 15) is 13.2 Å². The lowest BCUT2D eigenvalue weighted by Crippen LogP contribution is -2.38. The van der Waals surface area contributed by atoms with Crippen molar-refractivity contribution in [1.29, 1.82) is 0 Å². The number of sulfonamides is 1. The van der Waals surface area contributed by atoms with Crippen LogP contribution in [0.25, 0.3) is 22.0 Å². The monoisotopic (exact) mass is 553 g/mol. The molecule has 1 amide bonds. The van der Waals surface area contributed by atoms with Gasteiger partial charge in [0, 0.05) is 61.5 Å². The molecule has 0 spiro atoms. The first-order chi connectivity index (χ1) is 18.6. The normalized spacial score (nSPS) is 14.6. The number of nitrogens with one attached hydrogen (secondary N) is 1. The number of ether oxygens (including phenoxy) is 1. The summed E-state index contributed by atoms with van der Waals surface area (Å²) in [4.78, 5) is 21.9. The van der Waals surface area contributed by atoms with E-state index in [4.69, 9.17) is 9.26 Å². The number of piperidine rings is 1. The Morgan fingerprint density at radius 2 is 1.92 bits per heavy atom. The molecule has 10 nitrogen and oxygen atoms in total. The Kier molecular flexibility index (Phi) is 7.21. The van der Waals surface area contributed by atoms with Crippen molar-refractivity contribution in [2.24, 2.45) is 0 Å². The smallest absolute Gasteiger partial charge is 0.324 e. The molecule has 0 atom stereocenters. The van der Waals surface area contributed by atoms with Crippen molar-refractivity contribution >= 4 is 32.8 Å². The fraction of sp³-hybridized carbons (Fsp3) is 0.333. The zero-order valence-electron chi connectivity index (χ0n) is 21.7. The first-order valence-electron chi connectivity index (χ1n) is 12.6. The van der Waals surface area contributed by atoms with Crippen molar-refractivity contribution in [3.05, 3.63) is 60.3 Å². The van der Waals surface area contributed by atoms with Crippen LogP contribution in [0, 0.1) is 5.82 Å². The highest BCUT2D eigenvalue weighted by Crippen LogP contribution is 2.35. The third-order valence-corrected chi connectivity index (χ3v) is 7.93. The van der Waals surface area contributed by atoms with Crippen LogP contribution in [0.4, 0.5) is 10.4 Å². The lowest BCUT2D eigenvalue weighted by molar-refractivity contribution is -0.117. The van der Waals surface area contributed by atoms with Gasteiger partial charge < -0.3 is 14.2 Å². The first kappa shape index (κ1) is 26.5. The van der Waals surface area contributed by atoms with E-state index in [1.165, 1.54) is 12.1 Å². The van der Waals surface area contributed by atoms with Gasteiger partial charge in [-0.2, -0.15) is 4.98 Å². The topological polar surface area (TPSA) is 128 Å². The minimum Gasteiger partial charge on any atom is -0.490 e. The number of aromatic nitrogens is 3. The van der Waals surface area contributed by atoms with Crippen molar-refractivity contribution in [3.63, 3.8) is 0 Å². The summed E-state index contributed by atoms with van der Waals surface area (Å²) in [7, 11) is -4.16. The Hall–Kier alpha value is -4.06. The first-order valence-corrected chi connectivity index (χ1v) is 14.1. The van der Waals surface area contributed by atoms with E-state index < -0.39 is 21.7 Å². The van der Waals surface area contributed by atoms with E-state index >= 15 is 4.39 Å². The number of benzene rings is 2. The van der Waals surface area contributed by atoms with Crippen LogP contribution in [0.2, 0.25) is 0 Å². The average molecular weight is 554 g/mol. The molecule has 1 aliphatic rings. The lowest BCUT2D eigenvalue weighted by Gasteiger charge is -2.31. The van der Waals surface area contributed by atoms with Gasteiger partial charge in [-0.25, -0.2) is 17.5 Å². The van der Waals surface area contributed by atoms with Crippen molar-refractivity contribution in [3.8, 4) is 16.9 Å². The number of hydrogen-bond acceptors (Lipinski definition) is 9. The molecular weight excluding hydrogens is 525 g/mol. The molecule has 39 heavy (non-hydrogen) atoms. The van der Waals surface area contributed by atoms with Gasteiger partial charge in [0.25, 0.3) is 10.0 Å². The molecule has 12 heteroatoms. The highest BCUT2D eigenvalue weighted by Gasteiger charge is 2.26. The molecule has 204 valence electrons. The number of nitrogens with zero attached hydrogens (tertiary/aromatic N) is 4. The Bertz CT molecular complexity index is 1630. The van der Waals surface area contributed by atoms with Gasteiger partial charge in [0.2, 0.25) is 5.91 Å². The summed E-state index contributed by atoms with van der Waals surface area (Å²) in [6.07, 6.45) is 3.07. The molecule has 1 aliphatic heterocycles. The Balaban J connectivity index is 1.36. The second-order valence-corrected chi connectivity index (χ2v) is 11.4. The Morgan fingerprint density at radius 1 is 1.15 bits per heavy atom. The van der Waals surface area contributed by atoms with Crippen molar-refractivity contribution < 1.29 is 26.9 Å². The largest absolute Gasteiger partial charge is 0.490 e. The summed E-state index contributed by atoms with van der Waals surface area (Å²) >= 11 is 0. The summed E-state index contributed by atoms with van der Waals surface area (Å²) in [6, 6.07) is 11.2. The molecule has 1 fully saturated rings. The molecule has 0 unspecified atom stereocenters. The number of hydrogen-bond donors (Lipinski definition) is 1. The van der Waals surface area contributed by atoms with Crippen LogP contribution in [0.1, 0.15) is 45.4 Å². The zero-order chi connectivity index (χ0) is 27.7. The summed E-state index contributed by atoms with van der Waals surface area (Å²) in [5.41, 5.74) is 1.20. The average Bonchev–Trinajstić information content (AvgIpc) is 3.39. The van der Waals surface area contributed by atoms with Gasteiger partial charge in [-0.05, 0) is 30.3 Å². The number of carbonyl (C=O) groups excluding carboxylic acids is 1. The quantitative estimate of drug-likeness (QED) is 0.354. The second-order valence-electron chi connectivity index (χ2n) is 9.71. The van der Waals surface area contributed by atoms with Crippen LogP contribution in [0.5, 0.6) is 5.75 Å². The highest BCUT2D eigenvalue weighted by atomic mass is 32.2. The van der Waals surface area contributed by atoms with Crippen LogP contribution in [0.3, 0.4) is 0 Å². The number of amides is 1. The van der Waals surface area contributed by atoms with Gasteiger partial charge in [0.15, 0.2) is 5.82 Å². The molecule has 1 N–H and O–H groups in total.